The number of hydrogen-bond donors (Lipinski definition) is 10. The fourth-order valence-corrected chi connectivity index (χ4v) is 6.61. The van der Waals surface area contributed by atoms with Crippen molar-refractivity contribution in [3.63, 3.8) is 0 Å². The number of rotatable bonds is 25. The summed E-state index contributed by atoms with van der Waals surface area (Å²) in [5.41, 5.74) is 23.3. The molecule has 1 aromatic carbocycles. The van der Waals surface area contributed by atoms with E-state index in [0.29, 0.717) is 44.2 Å². The minimum Gasteiger partial charge on any atom is -0.508 e. The van der Waals surface area contributed by atoms with Crippen LogP contribution in [-0.4, -0.2) is 112 Å². The summed E-state index contributed by atoms with van der Waals surface area (Å²) in [6, 6.07) is -0.367. The summed E-state index contributed by atoms with van der Waals surface area (Å²) >= 11 is 0. The van der Waals surface area contributed by atoms with Gasteiger partial charge in [0.25, 0.3) is 0 Å². The van der Waals surface area contributed by atoms with Gasteiger partial charge in [0.1, 0.15) is 36.0 Å². The van der Waals surface area contributed by atoms with Crippen molar-refractivity contribution in [1.82, 2.24) is 26.2 Å². The number of nitrogens with two attached hydrogens (primary N) is 4. The molecule has 5 amide bonds. The van der Waals surface area contributed by atoms with E-state index >= 15 is 0 Å². The van der Waals surface area contributed by atoms with Crippen LogP contribution in [-0.2, 0) is 35.2 Å². The van der Waals surface area contributed by atoms with Gasteiger partial charge in [0.15, 0.2) is 5.96 Å². The first-order valence-electron chi connectivity index (χ1n) is 20.0. The summed E-state index contributed by atoms with van der Waals surface area (Å²) in [5, 5.41) is 30.5. The Morgan fingerprint density at radius 1 is 0.860 bits per heavy atom. The first-order valence-corrected chi connectivity index (χ1v) is 20.0. The number of guanidine groups is 1. The van der Waals surface area contributed by atoms with E-state index in [1.807, 2.05) is 20.8 Å². The first-order chi connectivity index (χ1) is 27.0. The number of likely N-dealkylation sites (tertiary alicyclic amines) is 1. The predicted molar refractivity (Wildman–Crippen MR) is 216 cm³/mol. The van der Waals surface area contributed by atoms with E-state index in [-0.39, 0.29) is 56.4 Å². The lowest BCUT2D eigenvalue weighted by Gasteiger charge is -2.31. The highest BCUT2D eigenvalue weighted by Crippen LogP contribution is 2.21. The smallest absolute Gasteiger partial charge is 0.326 e. The van der Waals surface area contributed by atoms with Gasteiger partial charge in [-0.3, -0.25) is 29.0 Å². The van der Waals surface area contributed by atoms with Gasteiger partial charge in [-0.1, -0.05) is 59.1 Å². The molecule has 0 aliphatic carbocycles. The van der Waals surface area contributed by atoms with Crippen LogP contribution < -0.4 is 44.2 Å². The van der Waals surface area contributed by atoms with Crippen molar-refractivity contribution in [1.29, 1.82) is 0 Å². The maximum Gasteiger partial charge on any atom is 0.326 e. The highest BCUT2D eigenvalue weighted by atomic mass is 16.4. The monoisotopic (exact) mass is 803 g/mol. The number of carbonyl (C=O) groups is 6. The van der Waals surface area contributed by atoms with Crippen LogP contribution >= 0.6 is 0 Å². The Labute approximate surface area is 335 Å². The quantitative estimate of drug-likeness (QED) is 0.0353. The number of phenols is 1. The number of hydrogen-bond acceptors (Lipinski definition) is 10. The van der Waals surface area contributed by atoms with Gasteiger partial charge >= 0.3 is 5.97 Å². The van der Waals surface area contributed by atoms with E-state index in [1.54, 1.807) is 19.1 Å². The van der Waals surface area contributed by atoms with Gasteiger partial charge in [0.05, 0.1) is 6.04 Å². The van der Waals surface area contributed by atoms with E-state index in [1.165, 1.54) is 17.0 Å². The van der Waals surface area contributed by atoms with Crippen molar-refractivity contribution in [2.75, 3.05) is 19.6 Å². The molecule has 2 rings (SSSR count). The second kappa shape index (κ2) is 24.6. The molecule has 0 unspecified atom stereocenters. The van der Waals surface area contributed by atoms with Gasteiger partial charge in [0.2, 0.25) is 29.5 Å². The molecule has 1 saturated heterocycles. The summed E-state index contributed by atoms with van der Waals surface area (Å²) in [7, 11) is 0. The summed E-state index contributed by atoms with van der Waals surface area (Å²) in [6.07, 6.45) is 4.58. The number of aliphatic carboxylic acids is 1. The molecule has 18 heteroatoms. The molecule has 1 aliphatic rings. The standard InChI is InChI=1S/C39H66N10O8/c1-5-24(4)32(36(54)47-30(38(56)57)21-23(2)3)48-34(52)29(22-25-14-16-26(50)17-15-25)46-35(53)31-13-10-20-49(31)37(55)28(12-9-19-44-39(42)43)45-33(51)27(41)11-7-6-8-18-40/h14-17,23-24,27-32,50H,5-13,18-22,40-41H2,1-4H3,(H,45,51)(H,46,53)(H,47,54)(H,48,52)(H,56,57)(H4,42,43,44)/t24-,27+,28+,29+,30+,31+,32+/m1/s1. The van der Waals surface area contributed by atoms with Gasteiger partial charge < -0.3 is 59.3 Å². The molecule has 1 heterocycles. The van der Waals surface area contributed by atoms with Crippen LogP contribution in [0, 0.1) is 11.8 Å². The van der Waals surface area contributed by atoms with Crippen LogP contribution in [0.5, 0.6) is 5.75 Å². The zero-order valence-corrected chi connectivity index (χ0v) is 33.9. The molecule has 1 fully saturated rings. The Morgan fingerprint density at radius 2 is 1.53 bits per heavy atom. The third-order valence-corrected chi connectivity index (χ3v) is 10.1. The number of nitrogens with zero attached hydrogens (tertiary/aromatic N) is 2. The summed E-state index contributed by atoms with van der Waals surface area (Å²) in [6.45, 7) is 8.20. The van der Waals surface area contributed by atoms with Crippen LogP contribution in [0.2, 0.25) is 0 Å². The average molecular weight is 803 g/mol. The second-order valence-corrected chi connectivity index (χ2v) is 15.3. The van der Waals surface area contributed by atoms with Crippen molar-refractivity contribution in [3.05, 3.63) is 29.8 Å². The molecule has 18 nitrogen and oxygen atoms in total. The number of phenolic OH excluding ortho intramolecular Hbond substituents is 1. The molecular weight excluding hydrogens is 736 g/mol. The third-order valence-electron chi connectivity index (χ3n) is 10.1. The van der Waals surface area contributed by atoms with Crippen molar-refractivity contribution in [2.45, 2.75) is 135 Å². The Balaban J connectivity index is 2.35. The molecule has 0 spiro atoms. The Bertz CT molecular complexity index is 1500. The summed E-state index contributed by atoms with van der Waals surface area (Å²) in [4.78, 5) is 86.2. The fourth-order valence-electron chi connectivity index (χ4n) is 6.61. The highest BCUT2D eigenvalue weighted by molar-refractivity contribution is 5.96. The normalized spacial score (nSPS) is 17.0. The second-order valence-electron chi connectivity index (χ2n) is 15.3. The maximum absolute atomic E-state index is 14.1. The molecule has 320 valence electrons. The lowest BCUT2D eigenvalue weighted by atomic mass is 9.96. The number of carboxylic acids is 1. The van der Waals surface area contributed by atoms with Gasteiger partial charge in [-0.05, 0) is 81.0 Å². The molecule has 0 saturated carbocycles. The van der Waals surface area contributed by atoms with E-state index in [9.17, 15) is 39.0 Å². The van der Waals surface area contributed by atoms with Crippen molar-refractivity contribution in [2.24, 2.45) is 39.8 Å². The molecule has 1 aliphatic heterocycles. The number of benzene rings is 1. The minimum atomic E-state index is -1.24. The van der Waals surface area contributed by atoms with Crippen LogP contribution in [0.3, 0.4) is 0 Å². The predicted octanol–water partition coefficient (Wildman–Crippen LogP) is -0.0583. The number of aromatic hydroxyl groups is 1. The van der Waals surface area contributed by atoms with E-state index in [4.69, 9.17) is 22.9 Å². The van der Waals surface area contributed by atoms with Crippen LogP contribution in [0.25, 0.3) is 0 Å². The Morgan fingerprint density at radius 3 is 2.12 bits per heavy atom. The number of carboxylic acid groups (broad SMARTS) is 1. The van der Waals surface area contributed by atoms with Gasteiger partial charge in [-0.15, -0.1) is 0 Å². The number of carbonyl (C=O) groups excluding carboxylic acids is 5. The highest BCUT2D eigenvalue weighted by Gasteiger charge is 2.40. The number of aliphatic imine (C=N–C) groups is 1. The van der Waals surface area contributed by atoms with Crippen molar-refractivity contribution >= 4 is 41.5 Å². The number of unbranched alkanes of at least 4 members (excludes halogenated alkanes) is 2. The molecule has 57 heavy (non-hydrogen) atoms. The van der Waals surface area contributed by atoms with Crippen LogP contribution in [0.1, 0.15) is 97.5 Å². The Hall–Kier alpha value is -4.97. The fraction of sp³-hybridized carbons (Fsp3) is 0.667. The molecule has 0 radical (unpaired) electrons. The number of nitrogens with one attached hydrogen (secondary N) is 4. The lowest BCUT2D eigenvalue weighted by Crippen LogP contribution is -2.60. The lowest BCUT2D eigenvalue weighted by molar-refractivity contribution is -0.143. The van der Waals surface area contributed by atoms with Gasteiger partial charge in [-0.25, -0.2) is 4.79 Å². The van der Waals surface area contributed by atoms with Crippen molar-refractivity contribution in [3.8, 4) is 5.75 Å². The first kappa shape index (κ1) is 48.2. The van der Waals surface area contributed by atoms with E-state index in [2.05, 4.69) is 26.3 Å². The molecular formula is C39H66N10O8. The zero-order chi connectivity index (χ0) is 42.7. The zero-order valence-electron chi connectivity index (χ0n) is 33.9. The molecule has 1 aromatic rings. The Kier molecular flexibility index (Phi) is 20.8. The number of amides is 5. The summed E-state index contributed by atoms with van der Waals surface area (Å²) in [5.74, 6) is -4.74. The average Bonchev–Trinajstić information content (AvgIpc) is 3.66. The molecule has 0 aromatic heterocycles. The van der Waals surface area contributed by atoms with E-state index < -0.39 is 77.7 Å². The minimum absolute atomic E-state index is 0.000666. The largest absolute Gasteiger partial charge is 0.508 e. The molecule has 14 N–H and O–H groups in total. The van der Waals surface area contributed by atoms with Crippen LogP contribution in [0.4, 0.5) is 0 Å². The third kappa shape index (κ3) is 16.6. The molecule has 7 atom stereocenters. The molecule has 0 bridgehead atoms. The van der Waals surface area contributed by atoms with Gasteiger partial charge in [-0.2, -0.15) is 0 Å². The van der Waals surface area contributed by atoms with E-state index in [0.717, 1.165) is 12.8 Å². The van der Waals surface area contributed by atoms with Crippen molar-refractivity contribution < 1.29 is 39.0 Å². The topological polar surface area (TPSA) is 311 Å². The maximum atomic E-state index is 14.1. The summed E-state index contributed by atoms with van der Waals surface area (Å²) < 4.78 is 0. The van der Waals surface area contributed by atoms with Gasteiger partial charge in [0, 0.05) is 19.5 Å². The SMILES string of the molecule is CC[C@@H](C)[C@H](NC(=O)[C@H](Cc1ccc(O)cc1)NC(=O)[C@@H]1CCCN1C(=O)[C@H](CCCN=C(N)N)NC(=O)[C@@H](N)CCCCCN)C(=O)N[C@@H](CC(C)C)C(=O)O. The van der Waals surface area contributed by atoms with Crippen LogP contribution in [0.15, 0.2) is 29.3 Å².